The van der Waals surface area contributed by atoms with Crippen LogP contribution in [-0.4, -0.2) is 38.6 Å². The average molecular weight is 502 g/mol. The molecule has 3 N–H and O–H groups in total. The van der Waals surface area contributed by atoms with Crippen molar-refractivity contribution in [1.29, 1.82) is 0 Å². The third-order valence-corrected chi connectivity index (χ3v) is 4.88. The van der Waals surface area contributed by atoms with Gasteiger partial charge in [0, 0.05) is 31.6 Å². The van der Waals surface area contributed by atoms with Crippen molar-refractivity contribution < 1.29 is 9.53 Å². The lowest BCUT2D eigenvalue weighted by Gasteiger charge is -2.20. The second kappa shape index (κ2) is 14.5. The van der Waals surface area contributed by atoms with Gasteiger partial charge in [-0.3, -0.25) is 4.79 Å². The third kappa shape index (κ3) is 9.12. The van der Waals surface area contributed by atoms with E-state index in [1.54, 1.807) is 7.11 Å². The molecule has 0 radical (unpaired) electrons. The van der Waals surface area contributed by atoms with Crippen LogP contribution in [0.15, 0.2) is 29.3 Å². The fourth-order valence-corrected chi connectivity index (χ4v) is 3.45. The maximum Gasteiger partial charge on any atom is 0.220 e. The lowest BCUT2D eigenvalue weighted by atomic mass is 9.87. The summed E-state index contributed by atoms with van der Waals surface area (Å²) in [5.74, 6) is 2.32. The van der Waals surface area contributed by atoms with Crippen molar-refractivity contribution in [1.82, 2.24) is 16.0 Å². The van der Waals surface area contributed by atoms with E-state index in [0.29, 0.717) is 32.0 Å². The maximum absolute atomic E-state index is 12.1. The minimum absolute atomic E-state index is 0. The van der Waals surface area contributed by atoms with Crippen molar-refractivity contribution in [2.45, 2.75) is 52.0 Å². The Morgan fingerprint density at radius 2 is 1.82 bits per heavy atom. The van der Waals surface area contributed by atoms with Crippen molar-refractivity contribution >= 4 is 35.8 Å². The molecule has 0 aromatic heterocycles. The van der Waals surface area contributed by atoms with Gasteiger partial charge in [-0.2, -0.15) is 0 Å². The topological polar surface area (TPSA) is 74.8 Å². The molecule has 0 spiro atoms. The van der Waals surface area contributed by atoms with Crippen LogP contribution in [0.5, 0.6) is 5.75 Å². The number of rotatable bonds is 9. The Bertz CT molecular complexity index is 604. The minimum Gasteiger partial charge on any atom is -0.496 e. The van der Waals surface area contributed by atoms with Gasteiger partial charge in [0.15, 0.2) is 5.96 Å². The molecule has 1 amide bonds. The molecule has 0 saturated heterocycles. The zero-order chi connectivity index (χ0) is 19.3. The SMILES string of the molecule is CCNC(=NCc1ccccc1OC)NCCNC(=O)CC1CCCCC1.I. The molecule has 0 heterocycles. The Hall–Kier alpha value is -1.51. The number of amides is 1. The summed E-state index contributed by atoms with van der Waals surface area (Å²) in [6.07, 6.45) is 6.94. The zero-order valence-electron chi connectivity index (χ0n) is 17.1. The van der Waals surface area contributed by atoms with E-state index in [4.69, 9.17) is 4.74 Å². The predicted octanol–water partition coefficient (Wildman–Crippen LogP) is 3.45. The molecule has 0 unspecified atom stereocenters. The van der Waals surface area contributed by atoms with Crippen molar-refractivity contribution in [3.8, 4) is 5.75 Å². The molecular weight excluding hydrogens is 467 g/mol. The third-order valence-electron chi connectivity index (χ3n) is 4.88. The number of hydrogen-bond donors (Lipinski definition) is 3. The van der Waals surface area contributed by atoms with Crippen LogP contribution in [0.3, 0.4) is 0 Å². The first-order valence-corrected chi connectivity index (χ1v) is 10.1. The lowest BCUT2D eigenvalue weighted by molar-refractivity contribution is -0.122. The largest absolute Gasteiger partial charge is 0.496 e. The first-order valence-electron chi connectivity index (χ1n) is 10.1. The Balaban J connectivity index is 0.00000392. The van der Waals surface area contributed by atoms with Gasteiger partial charge in [0.2, 0.25) is 5.91 Å². The molecule has 0 bridgehead atoms. The summed E-state index contributed by atoms with van der Waals surface area (Å²) in [5.41, 5.74) is 1.04. The molecule has 1 aromatic rings. The van der Waals surface area contributed by atoms with Gasteiger partial charge in [-0.1, -0.05) is 37.5 Å². The van der Waals surface area contributed by atoms with Crippen molar-refractivity contribution in [3.05, 3.63) is 29.8 Å². The van der Waals surface area contributed by atoms with Gasteiger partial charge in [0.05, 0.1) is 13.7 Å². The highest BCUT2D eigenvalue weighted by atomic mass is 127. The second-order valence-electron chi connectivity index (χ2n) is 6.99. The quantitative estimate of drug-likeness (QED) is 0.209. The highest BCUT2D eigenvalue weighted by Crippen LogP contribution is 2.25. The number of ether oxygens (including phenoxy) is 1. The number of hydrogen-bond acceptors (Lipinski definition) is 3. The molecule has 7 heteroatoms. The molecule has 6 nitrogen and oxygen atoms in total. The molecule has 1 saturated carbocycles. The fourth-order valence-electron chi connectivity index (χ4n) is 3.45. The minimum atomic E-state index is 0. The van der Waals surface area contributed by atoms with E-state index in [-0.39, 0.29) is 29.9 Å². The predicted molar refractivity (Wildman–Crippen MR) is 125 cm³/mol. The van der Waals surface area contributed by atoms with E-state index in [0.717, 1.165) is 23.8 Å². The van der Waals surface area contributed by atoms with Crippen molar-refractivity contribution in [2.75, 3.05) is 26.7 Å². The van der Waals surface area contributed by atoms with Gasteiger partial charge in [-0.05, 0) is 31.7 Å². The Morgan fingerprint density at radius 1 is 1.11 bits per heavy atom. The summed E-state index contributed by atoms with van der Waals surface area (Å²) in [6.45, 7) is 4.60. The van der Waals surface area contributed by atoms with E-state index in [2.05, 4.69) is 20.9 Å². The van der Waals surface area contributed by atoms with Gasteiger partial charge >= 0.3 is 0 Å². The number of carbonyl (C=O) groups is 1. The van der Waals surface area contributed by atoms with Gasteiger partial charge in [-0.15, -0.1) is 24.0 Å². The number of halogens is 1. The second-order valence-corrected chi connectivity index (χ2v) is 6.99. The van der Waals surface area contributed by atoms with E-state index in [1.165, 1.54) is 32.1 Å². The molecule has 1 aliphatic carbocycles. The van der Waals surface area contributed by atoms with Crippen LogP contribution in [0.4, 0.5) is 0 Å². The molecule has 0 aliphatic heterocycles. The summed E-state index contributed by atoms with van der Waals surface area (Å²) in [4.78, 5) is 16.7. The number of methoxy groups -OCH3 is 1. The monoisotopic (exact) mass is 502 g/mol. The van der Waals surface area contributed by atoms with Gasteiger partial charge in [0.1, 0.15) is 5.75 Å². The summed E-state index contributed by atoms with van der Waals surface area (Å²) in [6, 6.07) is 7.88. The van der Waals surface area contributed by atoms with Crippen LogP contribution in [0.1, 0.15) is 51.0 Å². The van der Waals surface area contributed by atoms with E-state index >= 15 is 0 Å². The number of nitrogens with one attached hydrogen (secondary N) is 3. The molecular formula is C21H35IN4O2. The maximum atomic E-state index is 12.1. The summed E-state index contributed by atoms with van der Waals surface area (Å²) < 4.78 is 5.37. The number of aliphatic imine (C=N–C) groups is 1. The zero-order valence-corrected chi connectivity index (χ0v) is 19.5. The molecule has 28 heavy (non-hydrogen) atoms. The van der Waals surface area contributed by atoms with Crippen molar-refractivity contribution in [3.63, 3.8) is 0 Å². The van der Waals surface area contributed by atoms with Gasteiger partial charge < -0.3 is 20.7 Å². The Labute approximate surface area is 186 Å². The van der Waals surface area contributed by atoms with E-state index in [9.17, 15) is 4.79 Å². The standard InChI is InChI=1S/C21H34N4O2.HI/c1-3-22-21(25-16-18-11-7-8-12-19(18)27-2)24-14-13-23-20(26)15-17-9-5-4-6-10-17;/h7-8,11-12,17H,3-6,9-10,13-16H2,1-2H3,(H,23,26)(H2,22,24,25);1H. The smallest absolute Gasteiger partial charge is 0.220 e. The average Bonchev–Trinajstić information content (AvgIpc) is 2.70. The van der Waals surface area contributed by atoms with Gasteiger partial charge in [-0.25, -0.2) is 4.99 Å². The van der Waals surface area contributed by atoms with Crippen LogP contribution in [0.25, 0.3) is 0 Å². The summed E-state index contributed by atoms with van der Waals surface area (Å²) in [5, 5.41) is 9.52. The molecule has 1 aliphatic rings. The molecule has 1 fully saturated rings. The van der Waals surface area contributed by atoms with E-state index < -0.39 is 0 Å². The first-order chi connectivity index (χ1) is 13.2. The van der Waals surface area contributed by atoms with Crippen LogP contribution >= 0.6 is 24.0 Å². The van der Waals surface area contributed by atoms with Crippen molar-refractivity contribution in [2.24, 2.45) is 10.9 Å². The Morgan fingerprint density at radius 3 is 2.54 bits per heavy atom. The molecule has 158 valence electrons. The molecule has 1 aromatic carbocycles. The lowest BCUT2D eigenvalue weighted by Crippen LogP contribution is -2.41. The van der Waals surface area contributed by atoms with Gasteiger partial charge in [0.25, 0.3) is 0 Å². The highest BCUT2D eigenvalue weighted by Gasteiger charge is 2.16. The normalized spacial score (nSPS) is 14.7. The number of guanidine groups is 1. The first kappa shape index (κ1) is 24.5. The van der Waals surface area contributed by atoms with Crippen LogP contribution < -0.4 is 20.7 Å². The summed E-state index contributed by atoms with van der Waals surface area (Å²) in [7, 11) is 1.67. The highest BCUT2D eigenvalue weighted by molar-refractivity contribution is 14.0. The van der Waals surface area contributed by atoms with Crippen LogP contribution in [-0.2, 0) is 11.3 Å². The van der Waals surface area contributed by atoms with Crippen LogP contribution in [0.2, 0.25) is 0 Å². The number of carbonyl (C=O) groups excluding carboxylic acids is 1. The van der Waals surface area contributed by atoms with Crippen LogP contribution in [0, 0.1) is 5.92 Å². The number of benzene rings is 1. The summed E-state index contributed by atoms with van der Waals surface area (Å²) >= 11 is 0. The molecule has 0 atom stereocenters. The Kier molecular flexibility index (Phi) is 12.7. The van der Waals surface area contributed by atoms with E-state index in [1.807, 2.05) is 31.2 Å². The fraction of sp³-hybridized carbons (Fsp3) is 0.619. The number of para-hydroxylation sites is 1. The molecule has 2 rings (SSSR count). The number of nitrogens with zero attached hydrogens (tertiary/aromatic N) is 1.